The van der Waals surface area contributed by atoms with E-state index < -0.39 is 0 Å². The van der Waals surface area contributed by atoms with Crippen LogP contribution in [0.25, 0.3) is 0 Å². The molecule has 0 N–H and O–H groups in total. The Morgan fingerprint density at radius 3 is 2.71 bits per heavy atom. The molecule has 0 unspecified atom stereocenters. The van der Waals surface area contributed by atoms with Crippen LogP contribution in [-0.4, -0.2) is 18.9 Å². The summed E-state index contributed by atoms with van der Waals surface area (Å²) in [6, 6.07) is 5.83. The molecule has 17 heavy (non-hydrogen) atoms. The average molecular weight is 294 g/mol. The monoisotopic (exact) mass is 293 g/mol. The van der Waals surface area contributed by atoms with E-state index in [4.69, 9.17) is 0 Å². The lowest BCUT2D eigenvalue weighted by Crippen LogP contribution is -2.28. The molecule has 0 amide bonds. The standard InChI is InChI=1S/C14H16BrNO/c1-10-5-7-16(8-6-10)14-4-3-12(11(2)17)9-13(14)15/h3-5,9H,6-8H2,1-2H3. The fraction of sp³-hybridized carbons (Fsp3) is 0.357. The molecule has 0 saturated heterocycles. The van der Waals surface area contributed by atoms with Crippen LogP contribution < -0.4 is 4.90 Å². The van der Waals surface area contributed by atoms with E-state index in [0.717, 1.165) is 29.5 Å². The first-order chi connectivity index (χ1) is 8.08. The highest BCUT2D eigenvalue weighted by Gasteiger charge is 2.13. The van der Waals surface area contributed by atoms with Crippen LogP contribution in [0.15, 0.2) is 34.3 Å². The number of nitrogens with zero attached hydrogens (tertiary/aromatic N) is 1. The van der Waals surface area contributed by atoms with Gasteiger partial charge in [0.1, 0.15) is 0 Å². The Morgan fingerprint density at radius 1 is 1.41 bits per heavy atom. The molecule has 1 aliphatic heterocycles. The Kier molecular flexibility index (Phi) is 3.67. The number of hydrogen-bond acceptors (Lipinski definition) is 2. The second kappa shape index (κ2) is 5.05. The molecular weight excluding hydrogens is 278 g/mol. The van der Waals surface area contributed by atoms with Crippen LogP contribution in [0.5, 0.6) is 0 Å². The van der Waals surface area contributed by atoms with Crippen LogP contribution in [0.3, 0.4) is 0 Å². The minimum atomic E-state index is 0.103. The lowest BCUT2D eigenvalue weighted by molar-refractivity contribution is 0.101. The van der Waals surface area contributed by atoms with Gasteiger partial charge in [0.2, 0.25) is 0 Å². The average Bonchev–Trinajstić information content (AvgIpc) is 2.30. The van der Waals surface area contributed by atoms with E-state index in [1.807, 2.05) is 18.2 Å². The molecule has 0 atom stereocenters. The number of halogens is 1. The minimum Gasteiger partial charge on any atom is -0.367 e. The van der Waals surface area contributed by atoms with Crippen LogP contribution in [0.4, 0.5) is 5.69 Å². The van der Waals surface area contributed by atoms with Crippen molar-refractivity contribution in [1.29, 1.82) is 0 Å². The first kappa shape index (κ1) is 12.4. The molecule has 0 saturated carbocycles. The highest BCUT2D eigenvalue weighted by Crippen LogP contribution is 2.29. The summed E-state index contributed by atoms with van der Waals surface area (Å²) in [6.45, 7) is 5.75. The van der Waals surface area contributed by atoms with E-state index in [-0.39, 0.29) is 5.78 Å². The minimum absolute atomic E-state index is 0.103. The molecular formula is C14H16BrNO. The highest BCUT2D eigenvalue weighted by molar-refractivity contribution is 9.10. The Balaban J connectivity index is 2.25. The van der Waals surface area contributed by atoms with Gasteiger partial charge in [0.05, 0.1) is 5.69 Å². The van der Waals surface area contributed by atoms with Gasteiger partial charge in [-0.2, -0.15) is 0 Å². The Labute approximate surface area is 110 Å². The Morgan fingerprint density at radius 2 is 2.18 bits per heavy atom. The summed E-state index contributed by atoms with van der Waals surface area (Å²) in [5.74, 6) is 0.103. The summed E-state index contributed by atoms with van der Waals surface area (Å²) in [7, 11) is 0. The molecule has 0 aliphatic carbocycles. The smallest absolute Gasteiger partial charge is 0.159 e. The SMILES string of the molecule is CC(=O)c1ccc(N2CC=C(C)CC2)c(Br)c1. The summed E-state index contributed by atoms with van der Waals surface area (Å²) in [6.07, 6.45) is 3.37. The van der Waals surface area contributed by atoms with Crippen LogP contribution in [0.2, 0.25) is 0 Å². The van der Waals surface area contributed by atoms with Gasteiger partial charge in [-0.3, -0.25) is 4.79 Å². The summed E-state index contributed by atoms with van der Waals surface area (Å²) < 4.78 is 0.998. The van der Waals surface area contributed by atoms with E-state index >= 15 is 0 Å². The van der Waals surface area contributed by atoms with Crippen molar-refractivity contribution >= 4 is 27.4 Å². The van der Waals surface area contributed by atoms with Crippen molar-refractivity contribution in [3.63, 3.8) is 0 Å². The maximum Gasteiger partial charge on any atom is 0.159 e. The number of carbonyl (C=O) groups excluding carboxylic acids is 1. The Bertz CT molecular complexity index is 479. The van der Waals surface area contributed by atoms with Gasteiger partial charge in [0, 0.05) is 23.1 Å². The van der Waals surface area contributed by atoms with E-state index in [1.165, 1.54) is 11.3 Å². The van der Waals surface area contributed by atoms with Crippen molar-refractivity contribution in [3.05, 3.63) is 39.9 Å². The predicted molar refractivity (Wildman–Crippen MR) is 74.7 cm³/mol. The second-order valence-electron chi connectivity index (χ2n) is 4.47. The van der Waals surface area contributed by atoms with Gasteiger partial charge in [-0.25, -0.2) is 0 Å². The zero-order chi connectivity index (χ0) is 12.4. The fourth-order valence-electron chi connectivity index (χ4n) is 1.97. The van der Waals surface area contributed by atoms with Crippen molar-refractivity contribution < 1.29 is 4.79 Å². The van der Waals surface area contributed by atoms with Crippen LogP contribution in [0.1, 0.15) is 30.6 Å². The van der Waals surface area contributed by atoms with E-state index in [9.17, 15) is 4.79 Å². The van der Waals surface area contributed by atoms with Gasteiger partial charge in [0.15, 0.2) is 5.78 Å². The van der Waals surface area contributed by atoms with Gasteiger partial charge in [-0.1, -0.05) is 11.6 Å². The van der Waals surface area contributed by atoms with Crippen molar-refractivity contribution in [2.24, 2.45) is 0 Å². The lowest BCUT2D eigenvalue weighted by atomic mass is 10.1. The molecule has 90 valence electrons. The maximum atomic E-state index is 11.3. The van der Waals surface area contributed by atoms with Gasteiger partial charge in [-0.05, 0) is 54.4 Å². The molecule has 0 fully saturated rings. The van der Waals surface area contributed by atoms with Crippen molar-refractivity contribution in [1.82, 2.24) is 0 Å². The molecule has 1 aliphatic rings. The molecule has 2 nitrogen and oxygen atoms in total. The molecule has 1 aromatic carbocycles. The second-order valence-corrected chi connectivity index (χ2v) is 5.32. The maximum absolute atomic E-state index is 11.3. The van der Waals surface area contributed by atoms with E-state index in [0.29, 0.717) is 0 Å². The largest absolute Gasteiger partial charge is 0.367 e. The molecule has 1 heterocycles. The number of rotatable bonds is 2. The molecule has 0 radical (unpaired) electrons. The first-order valence-corrected chi connectivity index (χ1v) is 6.58. The van der Waals surface area contributed by atoms with E-state index in [1.54, 1.807) is 6.92 Å². The number of benzene rings is 1. The van der Waals surface area contributed by atoms with Crippen LogP contribution in [0, 0.1) is 0 Å². The molecule has 0 aromatic heterocycles. The number of hydrogen-bond donors (Lipinski definition) is 0. The van der Waals surface area contributed by atoms with Crippen molar-refractivity contribution in [2.45, 2.75) is 20.3 Å². The van der Waals surface area contributed by atoms with Gasteiger partial charge in [-0.15, -0.1) is 0 Å². The summed E-state index contributed by atoms with van der Waals surface area (Å²) in [5, 5.41) is 0. The zero-order valence-corrected chi connectivity index (χ0v) is 11.8. The van der Waals surface area contributed by atoms with Gasteiger partial charge >= 0.3 is 0 Å². The molecule has 2 rings (SSSR count). The molecule has 0 spiro atoms. The number of anilines is 1. The van der Waals surface area contributed by atoms with Crippen LogP contribution in [-0.2, 0) is 0 Å². The normalized spacial score (nSPS) is 15.7. The van der Waals surface area contributed by atoms with E-state index in [2.05, 4.69) is 33.8 Å². The molecule has 0 bridgehead atoms. The van der Waals surface area contributed by atoms with Crippen LogP contribution >= 0.6 is 15.9 Å². The highest BCUT2D eigenvalue weighted by atomic mass is 79.9. The quantitative estimate of drug-likeness (QED) is 0.610. The van der Waals surface area contributed by atoms with Crippen molar-refractivity contribution in [3.8, 4) is 0 Å². The zero-order valence-electron chi connectivity index (χ0n) is 10.2. The molecule has 1 aromatic rings. The predicted octanol–water partition coefficient (Wildman–Crippen LogP) is 3.81. The third-order valence-corrected chi connectivity index (χ3v) is 3.77. The summed E-state index contributed by atoms with van der Waals surface area (Å²) in [4.78, 5) is 13.6. The van der Waals surface area contributed by atoms with Gasteiger partial charge in [0.25, 0.3) is 0 Å². The lowest BCUT2D eigenvalue weighted by Gasteiger charge is -2.28. The fourth-order valence-corrected chi connectivity index (χ4v) is 2.60. The third kappa shape index (κ3) is 2.78. The third-order valence-electron chi connectivity index (χ3n) is 3.13. The Hall–Kier alpha value is -1.09. The first-order valence-electron chi connectivity index (χ1n) is 5.79. The topological polar surface area (TPSA) is 20.3 Å². The molecule has 3 heteroatoms. The summed E-state index contributed by atoms with van der Waals surface area (Å²) in [5.41, 5.74) is 3.38. The number of carbonyl (C=O) groups is 1. The van der Waals surface area contributed by atoms with Gasteiger partial charge < -0.3 is 4.90 Å². The number of Topliss-reactive ketones (excluding diaryl/α,β-unsaturated/α-hetero) is 1. The number of ketones is 1. The summed E-state index contributed by atoms with van der Waals surface area (Å²) >= 11 is 3.55. The van der Waals surface area contributed by atoms with Crippen molar-refractivity contribution in [2.75, 3.05) is 18.0 Å².